The van der Waals surface area contributed by atoms with Crippen LogP contribution in [-0.4, -0.2) is 58.8 Å². The van der Waals surface area contributed by atoms with Crippen LogP contribution in [-0.2, 0) is 22.2 Å². The Bertz CT molecular complexity index is 970. The van der Waals surface area contributed by atoms with E-state index in [4.69, 9.17) is 0 Å². The van der Waals surface area contributed by atoms with Gasteiger partial charge in [-0.25, -0.2) is 9.78 Å². The fourth-order valence-corrected chi connectivity index (χ4v) is 3.88. The van der Waals surface area contributed by atoms with Crippen molar-refractivity contribution >= 4 is 40.0 Å². The molecule has 0 spiro atoms. The van der Waals surface area contributed by atoms with Crippen LogP contribution < -0.4 is 10.6 Å². The Kier molecular flexibility index (Phi) is 7.33. The number of urea groups is 1. The molecule has 0 aliphatic carbocycles. The van der Waals surface area contributed by atoms with Crippen LogP contribution >= 0.6 is 11.3 Å². The number of rotatable bonds is 5. The van der Waals surface area contributed by atoms with Crippen LogP contribution in [0, 0.1) is 0 Å². The number of hydrogen-bond acceptors (Lipinski definition) is 5. The van der Waals surface area contributed by atoms with Gasteiger partial charge in [0.2, 0.25) is 11.8 Å². The summed E-state index contributed by atoms with van der Waals surface area (Å²) >= 11 is 1.18. The van der Waals surface area contributed by atoms with Crippen LogP contribution in [0.25, 0.3) is 0 Å². The van der Waals surface area contributed by atoms with Gasteiger partial charge < -0.3 is 15.1 Å². The smallest absolute Gasteiger partial charge is 0.339 e. The predicted molar refractivity (Wildman–Crippen MR) is 113 cm³/mol. The lowest BCUT2D eigenvalue weighted by Crippen LogP contribution is -2.50. The third-order valence-corrected chi connectivity index (χ3v) is 5.72. The fourth-order valence-electron chi connectivity index (χ4n) is 3.15. The molecule has 2 N–H and O–H groups in total. The first-order chi connectivity index (χ1) is 15.1. The average Bonchev–Trinajstić information content (AvgIpc) is 3.19. The second-order valence-electron chi connectivity index (χ2n) is 7.19. The number of hydrogen-bond donors (Lipinski definition) is 2. The van der Waals surface area contributed by atoms with Gasteiger partial charge in [-0.3, -0.25) is 14.9 Å². The van der Waals surface area contributed by atoms with Crippen LogP contribution in [0.15, 0.2) is 29.6 Å². The highest BCUT2D eigenvalue weighted by Gasteiger charge is 2.30. The Morgan fingerprint density at radius 3 is 2.25 bits per heavy atom. The zero-order chi connectivity index (χ0) is 23.3. The molecule has 0 saturated carbocycles. The summed E-state index contributed by atoms with van der Waals surface area (Å²) in [6.45, 7) is 3.58. The summed E-state index contributed by atoms with van der Waals surface area (Å²) in [5.74, 6) is -0.0160. The molecule has 1 fully saturated rings. The first kappa shape index (κ1) is 23.5. The number of amides is 4. The summed E-state index contributed by atoms with van der Waals surface area (Å²) in [4.78, 5) is 43.5. The summed E-state index contributed by atoms with van der Waals surface area (Å²) in [6, 6.07) is 3.46. The van der Waals surface area contributed by atoms with E-state index in [0.717, 1.165) is 24.3 Å². The van der Waals surface area contributed by atoms with Crippen molar-refractivity contribution < 1.29 is 27.6 Å². The summed E-state index contributed by atoms with van der Waals surface area (Å²) in [5, 5.41) is 7.01. The largest absolute Gasteiger partial charge is 0.416 e. The number of halogens is 3. The van der Waals surface area contributed by atoms with Crippen molar-refractivity contribution in [2.45, 2.75) is 25.9 Å². The van der Waals surface area contributed by atoms with Crippen LogP contribution in [0.2, 0.25) is 0 Å². The molecule has 4 amide bonds. The van der Waals surface area contributed by atoms with Crippen LogP contribution in [0.4, 0.5) is 28.8 Å². The maximum absolute atomic E-state index is 12.6. The predicted octanol–water partition coefficient (Wildman–Crippen LogP) is 3.43. The highest BCUT2D eigenvalue weighted by atomic mass is 32.1. The van der Waals surface area contributed by atoms with Gasteiger partial charge in [-0.05, 0) is 30.7 Å². The first-order valence-electron chi connectivity index (χ1n) is 9.85. The van der Waals surface area contributed by atoms with Gasteiger partial charge in [0.05, 0.1) is 11.3 Å². The summed E-state index contributed by atoms with van der Waals surface area (Å²) in [7, 11) is 0. The van der Waals surface area contributed by atoms with E-state index < -0.39 is 17.8 Å². The standard InChI is InChI=1S/C20H22F3N5O3S/c1-13(29)27-8-10-28(11-9-27)17(30)7-6-16-12-32-19(25-16)26-18(31)24-15-4-2-14(3-5-15)20(21,22)23/h2-5,12H,6-11H2,1H3,(H2,24,25,26,31). The summed E-state index contributed by atoms with van der Waals surface area (Å²) < 4.78 is 37.8. The van der Waals surface area contributed by atoms with E-state index in [2.05, 4.69) is 15.6 Å². The SMILES string of the molecule is CC(=O)N1CCN(C(=O)CCc2csc(NC(=O)Nc3ccc(C(F)(F)F)cc3)n2)CC1. The quantitative estimate of drug-likeness (QED) is 0.702. The van der Waals surface area contributed by atoms with Gasteiger partial charge in [0, 0.05) is 50.6 Å². The number of piperazine rings is 1. The molecule has 12 heteroatoms. The number of aromatic nitrogens is 1. The number of aryl methyl sites for hydroxylation is 1. The maximum atomic E-state index is 12.6. The first-order valence-corrected chi connectivity index (χ1v) is 10.7. The molecule has 0 bridgehead atoms. The van der Waals surface area contributed by atoms with E-state index in [1.54, 1.807) is 15.2 Å². The molecule has 2 heterocycles. The fraction of sp³-hybridized carbons (Fsp3) is 0.400. The van der Waals surface area contributed by atoms with Crippen molar-refractivity contribution in [2.75, 3.05) is 36.8 Å². The van der Waals surface area contributed by atoms with Gasteiger partial charge >= 0.3 is 12.2 Å². The number of nitrogens with zero attached hydrogens (tertiary/aromatic N) is 3. The molecule has 0 unspecified atom stereocenters. The van der Waals surface area contributed by atoms with E-state index in [-0.39, 0.29) is 23.9 Å². The molecule has 2 aromatic rings. The van der Waals surface area contributed by atoms with Crippen molar-refractivity contribution in [3.63, 3.8) is 0 Å². The maximum Gasteiger partial charge on any atom is 0.416 e. The lowest BCUT2D eigenvalue weighted by molar-refractivity contribution is -0.138. The Morgan fingerprint density at radius 1 is 1.03 bits per heavy atom. The molecule has 1 aliphatic rings. The van der Waals surface area contributed by atoms with E-state index in [1.165, 1.54) is 18.3 Å². The summed E-state index contributed by atoms with van der Waals surface area (Å²) in [5.41, 5.74) is 0.0570. The third kappa shape index (κ3) is 6.42. The Labute approximate surface area is 186 Å². The van der Waals surface area contributed by atoms with E-state index in [1.807, 2.05) is 0 Å². The van der Waals surface area contributed by atoms with Crippen LogP contribution in [0.1, 0.15) is 24.6 Å². The number of nitrogens with one attached hydrogen (secondary N) is 2. The molecule has 172 valence electrons. The minimum atomic E-state index is -4.44. The molecule has 1 aromatic heterocycles. The number of anilines is 2. The number of thiazole rings is 1. The van der Waals surface area contributed by atoms with Gasteiger partial charge in [0.1, 0.15) is 0 Å². The van der Waals surface area contributed by atoms with Gasteiger partial charge in [-0.2, -0.15) is 13.2 Å². The average molecular weight is 469 g/mol. The van der Waals surface area contributed by atoms with Crippen molar-refractivity contribution in [3.8, 4) is 0 Å². The highest BCUT2D eigenvalue weighted by molar-refractivity contribution is 7.13. The lowest BCUT2D eigenvalue weighted by Gasteiger charge is -2.34. The summed E-state index contributed by atoms with van der Waals surface area (Å²) in [6.07, 6.45) is -3.77. The third-order valence-electron chi connectivity index (χ3n) is 4.92. The van der Waals surface area contributed by atoms with Crippen molar-refractivity contribution in [1.29, 1.82) is 0 Å². The van der Waals surface area contributed by atoms with Gasteiger partial charge in [-0.15, -0.1) is 11.3 Å². The van der Waals surface area contributed by atoms with Gasteiger partial charge in [0.25, 0.3) is 0 Å². The molecular weight excluding hydrogens is 447 g/mol. The number of carbonyl (C=O) groups excluding carboxylic acids is 3. The molecule has 1 aromatic carbocycles. The van der Waals surface area contributed by atoms with E-state index in [0.29, 0.717) is 43.4 Å². The van der Waals surface area contributed by atoms with Crippen molar-refractivity contribution in [3.05, 3.63) is 40.9 Å². The Morgan fingerprint density at radius 2 is 1.66 bits per heavy atom. The van der Waals surface area contributed by atoms with E-state index in [9.17, 15) is 27.6 Å². The number of alkyl halides is 3. The van der Waals surface area contributed by atoms with Crippen molar-refractivity contribution in [1.82, 2.24) is 14.8 Å². The number of carbonyl (C=O) groups is 3. The monoisotopic (exact) mass is 469 g/mol. The molecular formula is C20H22F3N5O3S. The number of benzene rings is 1. The second kappa shape index (κ2) is 9.98. The molecule has 32 heavy (non-hydrogen) atoms. The molecule has 3 rings (SSSR count). The van der Waals surface area contributed by atoms with Crippen LogP contribution in [0.3, 0.4) is 0 Å². The molecule has 0 atom stereocenters. The van der Waals surface area contributed by atoms with E-state index >= 15 is 0 Å². The van der Waals surface area contributed by atoms with Crippen LogP contribution in [0.5, 0.6) is 0 Å². The topological polar surface area (TPSA) is 94.6 Å². The van der Waals surface area contributed by atoms with Gasteiger partial charge in [0.15, 0.2) is 5.13 Å². The zero-order valence-electron chi connectivity index (χ0n) is 17.2. The Hall–Kier alpha value is -3.15. The lowest BCUT2D eigenvalue weighted by atomic mass is 10.2. The minimum absolute atomic E-state index is 0.00182. The Balaban J connectivity index is 1.44. The normalized spacial score (nSPS) is 14.2. The minimum Gasteiger partial charge on any atom is -0.339 e. The molecule has 1 aliphatic heterocycles. The van der Waals surface area contributed by atoms with Crippen molar-refractivity contribution in [2.24, 2.45) is 0 Å². The molecule has 0 radical (unpaired) electrons. The molecule has 8 nitrogen and oxygen atoms in total. The molecule has 1 saturated heterocycles. The van der Waals surface area contributed by atoms with Gasteiger partial charge in [-0.1, -0.05) is 0 Å². The second-order valence-corrected chi connectivity index (χ2v) is 8.04. The highest BCUT2D eigenvalue weighted by Crippen LogP contribution is 2.29. The zero-order valence-corrected chi connectivity index (χ0v) is 18.1.